The number of aromatic carboxylic acids is 1. The summed E-state index contributed by atoms with van der Waals surface area (Å²) in [5, 5.41) is 20.7. The van der Waals surface area contributed by atoms with Crippen LogP contribution in [0.3, 0.4) is 0 Å². The normalized spacial score (nSPS) is 15.3. The van der Waals surface area contributed by atoms with Gasteiger partial charge in [0, 0.05) is 15.8 Å². The van der Waals surface area contributed by atoms with Crippen LogP contribution in [-0.4, -0.2) is 27.5 Å². The van der Waals surface area contributed by atoms with Crippen LogP contribution in [0.1, 0.15) is 34.5 Å². The number of carboxylic acids is 1. The summed E-state index contributed by atoms with van der Waals surface area (Å²) in [6.07, 6.45) is -3.89. The fourth-order valence-electron chi connectivity index (χ4n) is 3.56. The number of pyridine rings is 1. The van der Waals surface area contributed by atoms with Crippen molar-refractivity contribution >= 4 is 28.5 Å². The number of benzene rings is 2. The monoisotopic (exact) mass is 423 g/mol. The topological polar surface area (TPSA) is 79.7 Å². The molecule has 2 aromatic carbocycles. The van der Waals surface area contributed by atoms with Gasteiger partial charge in [0.25, 0.3) is 0 Å². The summed E-state index contributed by atoms with van der Waals surface area (Å²) < 4.78 is 42.5. The molecular weight excluding hydrogens is 411 g/mol. The molecule has 4 rings (SSSR count). The first-order valence-electron chi connectivity index (χ1n) is 8.54. The highest BCUT2D eigenvalue weighted by atomic mass is 35.5. The number of aromatic hydroxyl groups is 1. The molecular formula is C20H13ClF3NO4. The van der Waals surface area contributed by atoms with Crippen molar-refractivity contribution in [3.8, 4) is 11.5 Å². The summed E-state index contributed by atoms with van der Waals surface area (Å²) in [4.78, 5) is 16.1. The van der Waals surface area contributed by atoms with Gasteiger partial charge in [0.1, 0.15) is 11.1 Å². The molecule has 0 unspecified atom stereocenters. The Hall–Kier alpha value is -3.00. The molecule has 0 amide bonds. The van der Waals surface area contributed by atoms with Gasteiger partial charge in [-0.1, -0.05) is 35.9 Å². The lowest BCUT2D eigenvalue weighted by Gasteiger charge is -2.20. The smallest absolute Gasteiger partial charge is 0.505 e. The van der Waals surface area contributed by atoms with E-state index in [4.69, 9.17) is 11.6 Å². The van der Waals surface area contributed by atoms with E-state index in [1.54, 1.807) is 24.3 Å². The minimum absolute atomic E-state index is 0.00273. The van der Waals surface area contributed by atoms with Crippen molar-refractivity contribution in [2.45, 2.75) is 24.6 Å². The van der Waals surface area contributed by atoms with E-state index in [2.05, 4.69) is 9.72 Å². The van der Waals surface area contributed by atoms with Crippen LogP contribution in [-0.2, 0) is 5.41 Å². The molecule has 1 aromatic heterocycles. The Morgan fingerprint density at radius 3 is 2.34 bits per heavy atom. The molecule has 1 aliphatic rings. The fourth-order valence-corrected chi connectivity index (χ4v) is 3.69. The summed E-state index contributed by atoms with van der Waals surface area (Å²) in [6.45, 7) is 0. The molecule has 9 heteroatoms. The molecule has 0 aliphatic heterocycles. The maximum atomic E-state index is 12.8. The van der Waals surface area contributed by atoms with Gasteiger partial charge < -0.3 is 14.9 Å². The first-order chi connectivity index (χ1) is 13.6. The molecule has 1 fully saturated rings. The first kappa shape index (κ1) is 19.3. The lowest BCUT2D eigenvalue weighted by atomic mass is 9.89. The number of nitrogens with zero attached hydrogens (tertiary/aromatic N) is 1. The number of alkyl halides is 3. The second-order valence-electron chi connectivity index (χ2n) is 6.78. The van der Waals surface area contributed by atoms with Crippen LogP contribution < -0.4 is 4.74 Å². The largest absolute Gasteiger partial charge is 0.573 e. The maximum Gasteiger partial charge on any atom is 0.573 e. The lowest BCUT2D eigenvalue weighted by Crippen LogP contribution is -2.18. The van der Waals surface area contributed by atoms with Gasteiger partial charge in [-0.25, -0.2) is 9.78 Å². The lowest BCUT2D eigenvalue weighted by molar-refractivity contribution is -0.274. The molecule has 1 aliphatic carbocycles. The number of hydrogen-bond acceptors (Lipinski definition) is 4. The second kappa shape index (κ2) is 6.52. The molecule has 3 aromatic rings. The van der Waals surface area contributed by atoms with E-state index in [9.17, 15) is 28.2 Å². The average Bonchev–Trinajstić information content (AvgIpc) is 3.42. The Morgan fingerprint density at radius 1 is 1.14 bits per heavy atom. The molecule has 0 spiro atoms. The van der Waals surface area contributed by atoms with E-state index < -0.39 is 34.8 Å². The number of para-hydroxylation sites is 1. The molecule has 29 heavy (non-hydrogen) atoms. The SMILES string of the molecule is O=C(O)c1c(O)c(C2(c3ccc(Cl)cc3)CC2)nc2c(OC(F)(F)F)cccc12. The number of ether oxygens (including phenoxy) is 1. The Morgan fingerprint density at radius 2 is 1.79 bits per heavy atom. The van der Waals surface area contributed by atoms with Crippen LogP contribution in [0, 0.1) is 0 Å². The van der Waals surface area contributed by atoms with Crippen molar-refractivity contribution in [3.05, 3.63) is 64.3 Å². The van der Waals surface area contributed by atoms with Crippen molar-refractivity contribution in [2.75, 3.05) is 0 Å². The van der Waals surface area contributed by atoms with Crippen LogP contribution >= 0.6 is 11.6 Å². The third-order valence-electron chi connectivity index (χ3n) is 4.99. The number of rotatable bonds is 4. The van der Waals surface area contributed by atoms with E-state index in [1.807, 2.05) is 0 Å². The van der Waals surface area contributed by atoms with Crippen LogP contribution in [0.15, 0.2) is 42.5 Å². The Kier molecular flexibility index (Phi) is 4.34. The molecule has 0 bridgehead atoms. The summed E-state index contributed by atoms with van der Waals surface area (Å²) in [5.74, 6) is -2.68. The zero-order chi connectivity index (χ0) is 21.0. The number of halogens is 4. The molecule has 2 N–H and O–H groups in total. The standard InChI is InChI=1S/C20H13ClF3NO4/c21-11-6-4-10(5-7-11)19(8-9-19)17-16(26)14(18(27)28)12-2-1-3-13(15(12)25-17)29-20(22,23)24/h1-7,26H,8-9H2,(H,27,28). The Labute approximate surface area is 167 Å². The number of hydrogen-bond donors (Lipinski definition) is 2. The molecule has 150 valence electrons. The average molecular weight is 424 g/mol. The Balaban J connectivity index is 2.00. The van der Waals surface area contributed by atoms with Crippen LogP contribution in [0.25, 0.3) is 10.9 Å². The van der Waals surface area contributed by atoms with Crippen LogP contribution in [0.5, 0.6) is 11.5 Å². The predicted molar refractivity (Wildman–Crippen MR) is 98.5 cm³/mol. The van der Waals surface area contributed by atoms with Crippen molar-refractivity contribution < 1.29 is 32.9 Å². The number of carbonyl (C=O) groups is 1. The molecule has 0 atom stereocenters. The third kappa shape index (κ3) is 3.33. The molecule has 1 heterocycles. The fraction of sp³-hybridized carbons (Fsp3) is 0.200. The predicted octanol–water partition coefficient (Wildman–Crippen LogP) is 5.27. The summed E-state index contributed by atoms with van der Waals surface area (Å²) in [7, 11) is 0. The summed E-state index contributed by atoms with van der Waals surface area (Å²) in [5.41, 5.74) is -0.871. The van der Waals surface area contributed by atoms with Crippen molar-refractivity contribution in [3.63, 3.8) is 0 Å². The summed E-state index contributed by atoms with van der Waals surface area (Å²) in [6, 6.07) is 10.3. The van der Waals surface area contributed by atoms with E-state index in [1.165, 1.54) is 12.1 Å². The molecule has 1 saturated carbocycles. The zero-order valence-corrected chi connectivity index (χ0v) is 15.4. The van der Waals surface area contributed by atoms with Gasteiger partial charge in [-0.15, -0.1) is 13.2 Å². The van der Waals surface area contributed by atoms with Gasteiger partial charge >= 0.3 is 12.3 Å². The van der Waals surface area contributed by atoms with Crippen LogP contribution in [0.2, 0.25) is 5.02 Å². The highest BCUT2D eigenvalue weighted by Crippen LogP contribution is 2.56. The molecule has 0 saturated heterocycles. The third-order valence-corrected chi connectivity index (χ3v) is 5.24. The van der Waals surface area contributed by atoms with E-state index in [0.717, 1.165) is 11.6 Å². The second-order valence-corrected chi connectivity index (χ2v) is 7.21. The molecule has 0 radical (unpaired) electrons. The van der Waals surface area contributed by atoms with Crippen molar-refractivity contribution in [2.24, 2.45) is 0 Å². The van der Waals surface area contributed by atoms with Crippen LogP contribution in [0.4, 0.5) is 13.2 Å². The van der Waals surface area contributed by atoms with Crippen molar-refractivity contribution in [1.29, 1.82) is 0 Å². The Bertz CT molecular complexity index is 1130. The first-order valence-corrected chi connectivity index (χ1v) is 8.91. The maximum absolute atomic E-state index is 12.8. The van der Waals surface area contributed by atoms with Gasteiger partial charge in [0.2, 0.25) is 0 Å². The van der Waals surface area contributed by atoms with Crippen molar-refractivity contribution in [1.82, 2.24) is 4.98 Å². The highest BCUT2D eigenvalue weighted by molar-refractivity contribution is 6.30. The quantitative estimate of drug-likeness (QED) is 0.597. The van der Waals surface area contributed by atoms with E-state index >= 15 is 0 Å². The van der Waals surface area contributed by atoms with Gasteiger partial charge in [-0.3, -0.25) is 0 Å². The number of aromatic nitrogens is 1. The summed E-state index contributed by atoms with van der Waals surface area (Å²) >= 11 is 5.92. The van der Waals surface area contributed by atoms with E-state index in [0.29, 0.717) is 17.9 Å². The minimum Gasteiger partial charge on any atom is -0.505 e. The molecule has 5 nitrogen and oxygen atoms in total. The number of fused-ring (bicyclic) bond motifs is 1. The zero-order valence-electron chi connectivity index (χ0n) is 14.6. The van der Waals surface area contributed by atoms with Gasteiger partial charge in [0.05, 0.1) is 5.69 Å². The van der Waals surface area contributed by atoms with Gasteiger partial charge in [-0.05, 0) is 36.6 Å². The minimum atomic E-state index is -4.98. The van der Waals surface area contributed by atoms with Gasteiger partial charge in [-0.2, -0.15) is 0 Å². The van der Waals surface area contributed by atoms with Gasteiger partial charge in [0.15, 0.2) is 11.5 Å². The number of carboxylic acid groups (broad SMARTS) is 1. The van der Waals surface area contributed by atoms with E-state index in [-0.39, 0.29) is 16.6 Å². The highest BCUT2D eigenvalue weighted by Gasteiger charge is 2.50.